The van der Waals surface area contributed by atoms with Crippen molar-refractivity contribution >= 4 is 5.97 Å². The van der Waals surface area contributed by atoms with E-state index in [0.717, 1.165) is 6.42 Å². The molecule has 0 bridgehead atoms. The summed E-state index contributed by atoms with van der Waals surface area (Å²) in [5, 5.41) is 12.1. The second kappa shape index (κ2) is 4.94. The number of rotatable bonds is 5. The normalized spacial score (nSPS) is 17.0. The number of carboxylic acids is 1. The molecule has 1 fully saturated rings. The summed E-state index contributed by atoms with van der Waals surface area (Å²) in [6, 6.07) is 4.63. The SMILES string of the molecule is COc1ccc(CNC2(C(=O)O)CCC2)cc1F. The zero-order valence-electron chi connectivity index (χ0n) is 10.2. The molecule has 0 spiro atoms. The summed E-state index contributed by atoms with van der Waals surface area (Å²) in [5.41, 5.74) is -0.114. The molecule has 18 heavy (non-hydrogen) atoms. The van der Waals surface area contributed by atoms with Gasteiger partial charge in [-0.2, -0.15) is 0 Å². The van der Waals surface area contributed by atoms with Crippen LogP contribution in [-0.4, -0.2) is 23.7 Å². The molecule has 0 aromatic heterocycles. The van der Waals surface area contributed by atoms with Gasteiger partial charge in [0, 0.05) is 6.54 Å². The highest BCUT2D eigenvalue weighted by atomic mass is 19.1. The van der Waals surface area contributed by atoms with E-state index in [9.17, 15) is 9.18 Å². The van der Waals surface area contributed by atoms with Crippen LogP contribution in [0.5, 0.6) is 5.75 Å². The van der Waals surface area contributed by atoms with Gasteiger partial charge in [0.15, 0.2) is 11.6 Å². The minimum absolute atomic E-state index is 0.190. The van der Waals surface area contributed by atoms with Crippen molar-refractivity contribution in [3.05, 3.63) is 29.6 Å². The Morgan fingerprint density at radius 2 is 2.28 bits per heavy atom. The van der Waals surface area contributed by atoms with Gasteiger partial charge in [0.25, 0.3) is 0 Å². The van der Waals surface area contributed by atoms with Crippen LogP contribution in [0.15, 0.2) is 18.2 Å². The highest BCUT2D eigenvalue weighted by Gasteiger charge is 2.43. The Morgan fingerprint density at radius 3 is 2.72 bits per heavy atom. The Bertz CT molecular complexity index is 458. The zero-order valence-corrected chi connectivity index (χ0v) is 10.2. The van der Waals surface area contributed by atoms with Gasteiger partial charge in [0.1, 0.15) is 5.54 Å². The Labute approximate surface area is 105 Å². The van der Waals surface area contributed by atoms with Gasteiger partial charge in [-0.1, -0.05) is 6.07 Å². The van der Waals surface area contributed by atoms with Gasteiger partial charge in [-0.15, -0.1) is 0 Å². The Kier molecular flexibility index (Phi) is 3.52. The predicted molar refractivity (Wildman–Crippen MR) is 64.0 cm³/mol. The van der Waals surface area contributed by atoms with Gasteiger partial charge < -0.3 is 9.84 Å². The summed E-state index contributed by atoms with van der Waals surface area (Å²) in [5.74, 6) is -1.08. The van der Waals surface area contributed by atoms with Crippen LogP contribution in [0.1, 0.15) is 24.8 Å². The Hall–Kier alpha value is -1.62. The topological polar surface area (TPSA) is 58.6 Å². The van der Waals surface area contributed by atoms with Crippen molar-refractivity contribution in [3.8, 4) is 5.75 Å². The molecule has 0 heterocycles. The quantitative estimate of drug-likeness (QED) is 0.841. The molecule has 1 aromatic rings. The smallest absolute Gasteiger partial charge is 0.323 e. The number of nitrogens with one attached hydrogen (secondary N) is 1. The molecule has 0 aliphatic heterocycles. The molecule has 2 rings (SSSR count). The molecule has 0 amide bonds. The molecule has 1 aromatic carbocycles. The zero-order chi connectivity index (χ0) is 13.2. The van der Waals surface area contributed by atoms with Crippen molar-refractivity contribution in [1.82, 2.24) is 5.32 Å². The van der Waals surface area contributed by atoms with E-state index >= 15 is 0 Å². The summed E-state index contributed by atoms with van der Waals surface area (Å²) in [7, 11) is 1.41. The van der Waals surface area contributed by atoms with Crippen LogP contribution in [0.3, 0.4) is 0 Å². The molecule has 0 atom stereocenters. The maximum atomic E-state index is 13.5. The summed E-state index contributed by atoms with van der Waals surface area (Å²) in [6.07, 6.45) is 2.16. The molecule has 1 aliphatic carbocycles. The highest BCUT2D eigenvalue weighted by Crippen LogP contribution is 2.32. The van der Waals surface area contributed by atoms with E-state index < -0.39 is 17.3 Å². The summed E-state index contributed by atoms with van der Waals surface area (Å²) < 4.78 is 18.3. The van der Waals surface area contributed by atoms with Gasteiger partial charge in [-0.3, -0.25) is 10.1 Å². The fourth-order valence-corrected chi connectivity index (χ4v) is 2.09. The van der Waals surface area contributed by atoms with E-state index in [1.807, 2.05) is 0 Å². The lowest BCUT2D eigenvalue weighted by molar-refractivity contribution is -0.148. The lowest BCUT2D eigenvalue weighted by atomic mass is 9.76. The number of ether oxygens (including phenoxy) is 1. The van der Waals surface area contributed by atoms with E-state index in [0.29, 0.717) is 24.9 Å². The number of carbonyl (C=O) groups is 1. The second-order valence-corrected chi connectivity index (χ2v) is 4.56. The van der Waals surface area contributed by atoms with Crippen LogP contribution in [-0.2, 0) is 11.3 Å². The van der Waals surface area contributed by atoms with Crippen molar-refractivity contribution in [2.45, 2.75) is 31.3 Å². The average Bonchev–Trinajstić information content (AvgIpc) is 2.27. The monoisotopic (exact) mass is 253 g/mol. The third-order valence-electron chi connectivity index (χ3n) is 3.46. The van der Waals surface area contributed by atoms with Crippen LogP contribution < -0.4 is 10.1 Å². The lowest BCUT2D eigenvalue weighted by Gasteiger charge is -2.38. The third kappa shape index (κ3) is 2.31. The number of halogens is 1. The fourth-order valence-electron chi connectivity index (χ4n) is 2.09. The molecule has 0 saturated heterocycles. The molecule has 5 heteroatoms. The van der Waals surface area contributed by atoms with Crippen molar-refractivity contribution in [3.63, 3.8) is 0 Å². The highest BCUT2D eigenvalue weighted by molar-refractivity contribution is 5.79. The first-order chi connectivity index (χ1) is 8.57. The molecule has 0 radical (unpaired) electrons. The Morgan fingerprint density at radius 1 is 1.56 bits per heavy atom. The fraction of sp³-hybridized carbons (Fsp3) is 0.462. The van der Waals surface area contributed by atoms with Gasteiger partial charge in [-0.25, -0.2) is 4.39 Å². The van der Waals surface area contributed by atoms with Gasteiger partial charge >= 0.3 is 5.97 Å². The van der Waals surface area contributed by atoms with Crippen molar-refractivity contribution in [2.24, 2.45) is 0 Å². The first kappa shape index (κ1) is 12.8. The van der Waals surface area contributed by atoms with Gasteiger partial charge in [0.05, 0.1) is 7.11 Å². The predicted octanol–water partition coefficient (Wildman–Crippen LogP) is 1.93. The number of hydrogen-bond donors (Lipinski definition) is 2. The van der Waals surface area contributed by atoms with Crippen LogP contribution >= 0.6 is 0 Å². The van der Waals surface area contributed by atoms with Crippen molar-refractivity contribution < 1.29 is 19.0 Å². The summed E-state index contributed by atoms with van der Waals surface area (Å²) >= 11 is 0. The standard InChI is InChI=1S/C13H16FNO3/c1-18-11-4-3-9(7-10(11)14)8-15-13(12(16)17)5-2-6-13/h3-4,7,15H,2,5-6,8H2,1H3,(H,16,17). The number of carboxylic acid groups (broad SMARTS) is 1. The molecule has 98 valence electrons. The van der Waals surface area contributed by atoms with E-state index in [1.165, 1.54) is 13.2 Å². The number of hydrogen-bond acceptors (Lipinski definition) is 3. The minimum atomic E-state index is -0.831. The van der Waals surface area contributed by atoms with Gasteiger partial charge in [0.2, 0.25) is 0 Å². The molecular weight excluding hydrogens is 237 g/mol. The maximum Gasteiger partial charge on any atom is 0.323 e. The van der Waals surface area contributed by atoms with E-state index in [1.54, 1.807) is 12.1 Å². The largest absolute Gasteiger partial charge is 0.494 e. The molecule has 0 unspecified atom stereocenters. The summed E-state index contributed by atoms with van der Waals surface area (Å²) in [4.78, 5) is 11.1. The van der Waals surface area contributed by atoms with Crippen LogP contribution in [0, 0.1) is 5.82 Å². The van der Waals surface area contributed by atoms with Gasteiger partial charge in [-0.05, 0) is 37.0 Å². The number of aliphatic carboxylic acids is 1. The first-order valence-electron chi connectivity index (χ1n) is 5.88. The first-order valence-corrected chi connectivity index (χ1v) is 5.88. The molecule has 1 saturated carbocycles. The molecule has 2 N–H and O–H groups in total. The molecule has 4 nitrogen and oxygen atoms in total. The van der Waals surface area contributed by atoms with E-state index in [2.05, 4.69) is 5.32 Å². The second-order valence-electron chi connectivity index (χ2n) is 4.56. The van der Waals surface area contributed by atoms with E-state index in [4.69, 9.17) is 9.84 Å². The minimum Gasteiger partial charge on any atom is -0.494 e. The number of benzene rings is 1. The molecule has 1 aliphatic rings. The Balaban J connectivity index is 2.02. The summed E-state index contributed by atoms with van der Waals surface area (Å²) in [6.45, 7) is 0.340. The maximum absolute atomic E-state index is 13.5. The average molecular weight is 253 g/mol. The van der Waals surface area contributed by atoms with Crippen molar-refractivity contribution in [2.75, 3.05) is 7.11 Å². The lowest BCUT2D eigenvalue weighted by Crippen LogP contribution is -2.56. The van der Waals surface area contributed by atoms with E-state index in [-0.39, 0.29) is 5.75 Å². The van der Waals surface area contributed by atoms with Crippen LogP contribution in [0.25, 0.3) is 0 Å². The third-order valence-corrected chi connectivity index (χ3v) is 3.46. The molecular formula is C13H16FNO3. The van der Waals surface area contributed by atoms with Crippen LogP contribution in [0.2, 0.25) is 0 Å². The van der Waals surface area contributed by atoms with Crippen LogP contribution in [0.4, 0.5) is 4.39 Å². The number of methoxy groups -OCH3 is 1. The van der Waals surface area contributed by atoms with Crippen molar-refractivity contribution in [1.29, 1.82) is 0 Å².